The van der Waals surface area contributed by atoms with E-state index in [0.29, 0.717) is 6.42 Å². The van der Waals surface area contributed by atoms with Crippen LogP contribution in [0.5, 0.6) is 0 Å². The lowest BCUT2D eigenvalue weighted by Crippen LogP contribution is -2.53. The van der Waals surface area contributed by atoms with Crippen molar-refractivity contribution < 1.29 is 24.6 Å². The van der Waals surface area contributed by atoms with Gasteiger partial charge >= 0.3 is 12.0 Å². The second kappa shape index (κ2) is 6.93. The number of carboxylic acids is 1. The van der Waals surface area contributed by atoms with E-state index in [1.807, 2.05) is 13.8 Å². The topological polar surface area (TPSA) is 142 Å². The molecule has 0 saturated heterocycles. The Kier molecular flexibility index (Phi) is 6.26. The summed E-state index contributed by atoms with van der Waals surface area (Å²) >= 11 is 0. The minimum Gasteiger partial charge on any atom is -0.479 e. The average Bonchev–Trinajstić information content (AvgIpc) is 2.23. The predicted molar refractivity (Wildman–Crippen MR) is 67.2 cm³/mol. The van der Waals surface area contributed by atoms with E-state index in [2.05, 4.69) is 10.6 Å². The first-order valence-electron chi connectivity index (χ1n) is 5.85. The van der Waals surface area contributed by atoms with Crippen LogP contribution in [0.4, 0.5) is 4.79 Å². The largest absolute Gasteiger partial charge is 0.479 e. The summed E-state index contributed by atoms with van der Waals surface area (Å²) in [5, 5.41) is 22.7. The van der Waals surface area contributed by atoms with Gasteiger partial charge in [-0.05, 0) is 19.3 Å². The van der Waals surface area contributed by atoms with Gasteiger partial charge in [-0.1, -0.05) is 13.8 Å². The van der Waals surface area contributed by atoms with Crippen LogP contribution in [-0.4, -0.2) is 46.3 Å². The van der Waals surface area contributed by atoms with Crippen molar-refractivity contribution in [2.75, 3.05) is 6.54 Å². The molecule has 0 rings (SSSR count). The van der Waals surface area contributed by atoms with Crippen LogP contribution in [0, 0.1) is 5.92 Å². The Bertz CT molecular complexity index is 354. The molecule has 0 aromatic heterocycles. The molecular formula is C11H21N3O5. The van der Waals surface area contributed by atoms with Gasteiger partial charge in [-0.2, -0.15) is 0 Å². The fourth-order valence-corrected chi connectivity index (χ4v) is 1.33. The van der Waals surface area contributed by atoms with Gasteiger partial charge in [0.25, 0.3) is 0 Å². The Labute approximate surface area is 111 Å². The molecule has 3 amide bonds. The van der Waals surface area contributed by atoms with E-state index < -0.39 is 36.1 Å². The molecule has 0 radical (unpaired) electrons. The van der Waals surface area contributed by atoms with Gasteiger partial charge in [0.05, 0.1) is 6.54 Å². The van der Waals surface area contributed by atoms with E-state index in [4.69, 9.17) is 10.8 Å². The van der Waals surface area contributed by atoms with E-state index in [9.17, 15) is 19.5 Å². The fraction of sp³-hybridized carbons (Fsp3) is 0.727. The Morgan fingerprint density at radius 3 is 2.21 bits per heavy atom. The second-order valence-corrected chi connectivity index (χ2v) is 4.99. The van der Waals surface area contributed by atoms with E-state index in [1.165, 1.54) is 0 Å². The zero-order chi connectivity index (χ0) is 15.2. The number of urea groups is 1. The lowest BCUT2D eigenvalue weighted by molar-refractivity contribution is -0.156. The number of aliphatic carboxylic acids is 1. The van der Waals surface area contributed by atoms with Gasteiger partial charge in [0.1, 0.15) is 6.04 Å². The molecule has 0 bridgehead atoms. The van der Waals surface area contributed by atoms with E-state index in [-0.39, 0.29) is 5.92 Å². The summed E-state index contributed by atoms with van der Waals surface area (Å²) < 4.78 is 0. The summed E-state index contributed by atoms with van der Waals surface area (Å²) in [5.41, 5.74) is 2.90. The molecule has 8 heteroatoms. The van der Waals surface area contributed by atoms with Crippen LogP contribution in [-0.2, 0) is 9.59 Å². The lowest BCUT2D eigenvalue weighted by Gasteiger charge is -2.22. The third-order valence-corrected chi connectivity index (χ3v) is 2.41. The molecule has 0 aromatic rings. The number of nitrogens with two attached hydrogens (primary N) is 1. The molecule has 2 unspecified atom stereocenters. The van der Waals surface area contributed by atoms with E-state index in [0.717, 1.165) is 6.92 Å². The first kappa shape index (κ1) is 17.2. The van der Waals surface area contributed by atoms with Crippen molar-refractivity contribution in [3.05, 3.63) is 0 Å². The number of amides is 3. The molecule has 0 aliphatic carbocycles. The Balaban J connectivity index is 4.56. The number of nitrogens with one attached hydrogen (secondary N) is 2. The molecule has 0 saturated carbocycles. The molecule has 0 fully saturated rings. The predicted octanol–water partition coefficient (Wildman–Crippen LogP) is -0.979. The van der Waals surface area contributed by atoms with Crippen LogP contribution in [0.25, 0.3) is 0 Å². The summed E-state index contributed by atoms with van der Waals surface area (Å²) in [7, 11) is 0. The molecule has 6 N–H and O–H groups in total. The van der Waals surface area contributed by atoms with Crippen molar-refractivity contribution in [2.24, 2.45) is 11.7 Å². The molecular weight excluding hydrogens is 254 g/mol. The fourth-order valence-electron chi connectivity index (χ4n) is 1.33. The maximum Gasteiger partial charge on any atom is 0.337 e. The van der Waals surface area contributed by atoms with Crippen molar-refractivity contribution in [3.8, 4) is 0 Å². The van der Waals surface area contributed by atoms with Crippen LogP contribution in [0.1, 0.15) is 27.2 Å². The summed E-state index contributed by atoms with van der Waals surface area (Å²) in [5.74, 6) is -1.91. The normalized spacial score (nSPS) is 15.4. The SMILES string of the molecule is CC(C)CC(NC(N)=O)C(=O)NCC(C)(O)C(=O)O. The minimum atomic E-state index is -2.06. The van der Waals surface area contributed by atoms with Crippen LogP contribution >= 0.6 is 0 Å². The Hall–Kier alpha value is -1.83. The van der Waals surface area contributed by atoms with Gasteiger partial charge in [0.2, 0.25) is 5.91 Å². The highest BCUT2D eigenvalue weighted by Gasteiger charge is 2.31. The molecule has 19 heavy (non-hydrogen) atoms. The molecule has 0 heterocycles. The zero-order valence-corrected chi connectivity index (χ0v) is 11.3. The first-order valence-corrected chi connectivity index (χ1v) is 5.85. The molecule has 8 nitrogen and oxygen atoms in total. The number of hydrogen-bond donors (Lipinski definition) is 5. The lowest BCUT2D eigenvalue weighted by atomic mass is 10.0. The zero-order valence-electron chi connectivity index (χ0n) is 11.3. The summed E-state index contributed by atoms with van der Waals surface area (Å²) in [6, 6.07) is -1.70. The van der Waals surface area contributed by atoms with Gasteiger partial charge in [0, 0.05) is 0 Å². The monoisotopic (exact) mass is 275 g/mol. The highest BCUT2D eigenvalue weighted by atomic mass is 16.4. The van der Waals surface area contributed by atoms with E-state index >= 15 is 0 Å². The van der Waals surface area contributed by atoms with Crippen LogP contribution in [0.15, 0.2) is 0 Å². The van der Waals surface area contributed by atoms with E-state index in [1.54, 1.807) is 0 Å². The van der Waals surface area contributed by atoms with Crippen molar-refractivity contribution in [2.45, 2.75) is 38.8 Å². The third kappa shape index (κ3) is 6.61. The van der Waals surface area contributed by atoms with Crippen LogP contribution < -0.4 is 16.4 Å². The van der Waals surface area contributed by atoms with Crippen LogP contribution in [0.2, 0.25) is 0 Å². The number of carboxylic acid groups (broad SMARTS) is 1. The van der Waals surface area contributed by atoms with Gasteiger partial charge in [-0.25, -0.2) is 9.59 Å². The smallest absolute Gasteiger partial charge is 0.337 e. The molecule has 0 spiro atoms. The van der Waals surface area contributed by atoms with Crippen LogP contribution in [0.3, 0.4) is 0 Å². The van der Waals surface area contributed by atoms with Crippen molar-refractivity contribution in [1.82, 2.24) is 10.6 Å². The van der Waals surface area contributed by atoms with Gasteiger partial charge in [0.15, 0.2) is 5.60 Å². The number of primary amides is 1. The maximum atomic E-state index is 11.8. The number of aliphatic hydroxyl groups is 1. The summed E-state index contributed by atoms with van der Waals surface area (Å²) in [4.78, 5) is 33.3. The summed E-state index contributed by atoms with van der Waals surface area (Å²) in [6.45, 7) is 4.32. The standard InChI is InChI=1S/C11H21N3O5/c1-6(2)4-7(14-10(12)18)8(15)13-5-11(3,19)9(16)17/h6-7,19H,4-5H2,1-3H3,(H,13,15)(H,16,17)(H3,12,14,18). The maximum absolute atomic E-state index is 11.8. The number of hydrogen-bond acceptors (Lipinski definition) is 4. The highest BCUT2D eigenvalue weighted by molar-refractivity contribution is 5.87. The quantitative estimate of drug-likeness (QED) is 0.406. The molecule has 0 aliphatic heterocycles. The van der Waals surface area contributed by atoms with Gasteiger partial charge < -0.3 is 26.6 Å². The molecule has 2 atom stereocenters. The second-order valence-electron chi connectivity index (χ2n) is 4.99. The highest BCUT2D eigenvalue weighted by Crippen LogP contribution is 2.06. The van der Waals surface area contributed by atoms with Crippen molar-refractivity contribution in [3.63, 3.8) is 0 Å². The molecule has 110 valence electrons. The van der Waals surface area contributed by atoms with Gasteiger partial charge in [-0.15, -0.1) is 0 Å². The first-order chi connectivity index (χ1) is 8.56. The summed E-state index contributed by atoms with van der Waals surface area (Å²) in [6.07, 6.45) is 0.351. The minimum absolute atomic E-state index is 0.127. The Morgan fingerprint density at radius 2 is 1.84 bits per heavy atom. The number of carbonyl (C=O) groups excluding carboxylic acids is 2. The number of rotatable bonds is 7. The Morgan fingerprint density at radius 1 is 1.32 bits per heavy atom. The van der Waals surface area contributed by atoms with Crippen molar-refractivity contribution in [1.29, 1.82) is 0 Å². The number of carbonyl (C=O) groups is 3. The molecule has 0 aliphatic rings. The third-order valence-electron chi connectivity index (χ3n) is 2.41. The average molecular weight is 275 g/mol. The van der Waals surface area contributed by atoms with Gasteiger partial charge in [-0.3, -0.25) is 4.79 Å². The van der Waals surface area contributed by atoms with Crippen molar-refractivity contribution >= 4 is 17.9 Å². The molecule has 0 aromatic carbocycles.